The summed E-state index contributed by atoms with van der Waals surface area (Å²) in [5.41, 5.74) is 1.12. The third-order valence-electron chi connectivity index (χ3n) is 5.16. The summed E-state index contributed by atoms with van der Waals surface area (Å²) < 4.78 is 5.98. The maximum absolute atomic E-state index is 12.6. The number of urea groups is 1. The summed E-state index contributed by atoms with van der Waals surface area (Å²) >= 11 is 1.63. The van der Waals surface area contributed by atoms with Crippen molar-refractivity contribution in [2.45, 2.75) is 51.0 Å². The van der Waals surface area contributed by atoms with Gasteiger partial charge >= 0.3 is 12.0 Å². The molecule has 2 amide bonds. The van der Waals surface area contributed by atoms with Gasteiger partial charge in [0.2, 0.25) is 0 Å². The van der Waals surface area contributed by atoms with Crippen LogP contribution in [0.25, 0.3) is 0 Å². The van der Waals surface area contributed by atoms with Crippen LogP contribution in [0.4, 0.5) is 4.79 Å². The number of hydrogen-bond donors (Lipinski definition) is 2. The Morgan fingerprint density at radius 1 is 1.42 bits per heavy atom. The molecule has 7 nitrogen and oxygen atoms in total. The first-order valence-corrected chi connectivity index (χ1v) is 10.1. The molecule has 2 aliphatic rings. The second kappa shape index (κ2) is 8.37. The molecule has 1 saturated heterocycles. The molecule has 2 N–H and O–H groups in total. The molecule has 2 fully saturated rings. The van der Waals surface area contributed by atoms with E-state index in [1.807, 2.05) is 35.1 Å². The standard InChI is InChI=1S/C18H27N3O4S/c1-3-20(10-17(22)23)15-6-14(7-15)19-18(24)21-8-12(2)25-16(9-21)13-4-5-26-11-13/h4-5,11-12,14-16H,3,6-10H2,1-2H3,(H,19,24)(H,22,23). The number of carbonyl (C=O) groups excluding carboxylic acids is 1. The van der Waals surface area contributed by atoms with Crippen molar-refractivity contribution in [1.82, 2.24) is 15.1 Å². The van der Waals surface area contributed by atoms with Crippen molar-refractivity contribution < 1.29 is 19.4 Å². The second-order valence-electron chi connectivity index (χ2n) is 7.13. The highest BCUT2D eigenvalue weighted by Gasteiger charge is 2.37. The topological polar surface area (TPSA) is 82.1 Å². The van der Waals surface area contributed by atoms with Gasteiger partial charge in [-0.2, -0.15) is 11.3 Å². The summed E-state index contributed by atoms with van der Waals surface area (Å²) in [7, 11) is 0. The van der Waals surface area contributed by atoms with E-state index < -0.39 is 5.97 Å². The highest BCUT2D eigenvalue weighted by molar-refractivity contribution is 7.07. The maximum Gasteiger partial charge on any atom is 0.317 e. The zero-order valence-corrected chi connectivity index (χ0v) is 16.1. The molecule has 1 aliphatic heterocycles. The molecule has 0 spiro atoms. The van der Waals surface area contributed by atoms with E-state index in [1.165, 1.54) is 0 Å². The Kier molecular flexibility index (Phi) is 6.16. The number of amides is 2. The summed E-state index contributed by atoms with van der Waals surface area (Å²) in [6.45, 7) is 5.87. The van der Waals surface area contributed by atoms with Crippen LogP contribution < -0.4 is 5.32 Å². The Labute approximate surface area is 157 Å². The minimum Gasteiger partial charge on any atom is -0.480 e. The van der Waals surface area contributed by atoms with Crippen LogP contribution in [-0.2, 0) is 9.53 Å². The summed E-state index contributed by atoms with van der Waals surface area (Å²) in [6.07, 6.45) is 1.54. The van der Waals surface area contributed by atoms with Gasteiger partial charge in [-0.1, -0.05) is 6.92 Å². The predicted octanol–water partition coefficient (Wildman–Crippen LogP) is 2.16. The third-order valence-corrected chi connectivity index (χ3v) is 5.87. The monoisotopic (exact) mass is 381 g/mol. The molecule has 26 heavy (non-hydrogen) atoms. The molecule has 8 heteroatoms. The molecule has 0 bridgehead atoms. The number of rotatable bonds is 6. The van der Waals surface area contributed by atoms with Crippen molar-refractivity contribution in [2.24, 2.45) is 0 Å². The van der Waals surface area contributed by atoms with Crippen molar-refractivity contribution in [1.29, 1.82) is 0 Å². The van der Waals surface area contributed by atoms with Gasteiger partial charge < -0.3 is 20.1 Å². The van der Waals surface area contributed by atoms with Crippen molar-refractivity contribution in [3.8, 4) is 0 Å². The molecule has 1 aromatic heterocycles. The van der Waals surface area contributed by atoms with Gasteiger partial charge in [0.1, 0.15) is 6.10 Å². The third kappa shape index (κ3) is 4.55. The molecular formula is C18H27N3O4S. The van der Waals surface area contributed by atoms with Crippen molar-refractivity contribution >= 4 is 23.3 Å². The first kappa shape index (κ1) is 19.1. The molecule has 1 saturated carbocycles. The van der Waals surface area contributed by atoms with Crippen molar-refractivity contribution in [3.05, 3.63) is 22.4 Å². The van der Waals surface area contributed by atoms with Crippen LogP contribution in [-0.4, -0.2) is 71.3 Å². The van der Waals surface area contributed by atoms with Crippen LogP contribution in [0.5, 0.6) is 0 Å². The van der Waals surface area contributed by atoms with Gasteiger partial charge in [-0.3, -0.25) is 9.69 Å². The number of nitrogens with zero attached hydrogens (tertiary/aromatic N) is 2. The normalized spacial score (nSPS) is 28.7. The smallest absolute Gasteiger partial charge is 0.317 e. The minimum absolute atomic E-state index is 0.000288. The SMILES string of the molecule is CCN(CC(=O)O)C1CC(NC(=O)N2CC(C)OC(c3ccsc3)C2)C1. The van der Waals surface area contributed by atoms with Crippen LogP contribution in [0.1, 0.15) is 38.4 Å². The number of ether oxygens (including phenoxy) is 1. The highest BCUT2D eigenvalue weighted by Crippen LogP contribution is 2.28. The lowest BCUT2D eigenvalue weighted by Crippen LogP contribution is -2.58. The minimum atomic E-state index is -0.805. The van der Waals surface area contributed by atoms with E-state index in [-0.39, 0.29) is 36.9 Å². The van der Waals surface area contributed by atoms with Gasteiger partial charge in [-0.05, 0) is 48.7 Å². The van der Waals surface area contributed by atoms with Gasteiger partial charge in [0.05, 0.1) is 19.2 Å². The molecule has 2 unspecified atom stereocenters. The fourth-order valence-corrected chi connectivity index (χ4v) is 4.40. The number of nitrogens with one attached hydrogen (secondary N) is 1. The molecule has 3 rings (SSSR count). The van der Waals surface area contributed by atoms with Crippen LogP contribution >= 0.6 is 11.3 Å². The summed E-state index contributed by atoms with van der Waals surface area (Å²) in [4.78, 5) is 27.3. The lowest BCUT2D eigenvalue weighted by molar-refractivity contribution is -0.139. The molecular weight excluding hydrogens is 354 g/mol. The fraction of sp³-hybridized carbons (Fsp3) is 0.667. The summed E-state index contributed by atoms with van der Waals surface area (Å²) in [5.74, 6) is -0.805. The number of carboxylic acids is 1. The summed E-state index contributed by atoms with van der Waals surface area (Å²) in [6, 6.07) is 2.35. The Morgan fingerprint density at radius 2 is 2.19 bits per heavy atom. The number of hydrogen-bond acceptors (Lipinski definition) is 5. The first-order chi connectivity index (χ1) is 12.5. The summed E-state index contributed by atoms with van der Waals surface area (Å²) in [5, 5.41) is 16.1. The molecule has 2 heterocycles. The van der Waals surface area contributed by atoms with E-state index in [4.69, 9.17) is 9.84 Å². The van der Waals surface area contributed by atoms with Gasteiger partial charge in [-0.15, -0.1) is 0 Å². The van der Waals surface area contributed by atoms with Gasteiger partial charge in [0.25, 0.3) is 0 Å². The molecule has 1 aliphatic carbocycles. The molecule has 0 aromatic carbocycles. The number of thiophene rings is 1. The van der Waals surface area contributed by atoms with Crippen molar-refractivity contribution in [2.75, 3.05) is 26.2 Å². The van der Waals surface area contributed by atoms with Gasteiger partial charge in [-0.25, -0.2) is 4.79 Å². The molecule has 2 atom stereocenters. The Bertz CT molecular complexity index is 618. The first-order valence-electron chi connectivity index (χ1n) is 9.15. The maximum atomic E-state index is 12.6. The van der Waals surface area contributed by atoms with Crippen LogP contribution in [0.15, 0.2) is 16.8 Å². The van der Waals surface area contributed by atoms with Crippen LogP contribution in [0, 0.1) is 0 Å². The highest BCUT2D eigenvalue weighted by atomic mass is 32.1. The van der Waals surface area contributed by atoms with E-state index in [9.17, 15) is 9.59 Å². The average molecular weight is 381 g/mol. The quantitative estimate of drug-likeness (QED) is 0.789. The van der Waals surface area contributed by atoms with E-state index >= 15 is 0 Å². The number of carboxylic acid groups (broad SMARTS) is 1. The average Bonchev–Trinajstić information content (AvgIpc) is 3.09. The molecule has 1 aromatic rings. The lowest BCUT2D eigenvalue weighted by Gasteiger charge is -2.43. The second-order valence-corrected chi connectivity index (χ2v) is 7.91. The Balaban J connectivity index is 1.48. The fourth-order valence-electron chi connectivity index (χ4n) is 3.70. The number of aliphatic carboxylic acids is 1. The largest absolute Gasteiger partial charge is 0.480 e. The van der Waals surface area contributed by atoms with Gasteiger partial charge in [0, 0.05) is 18.6 Å². The van der Waals surface area contributed by atoms with E-state index in [1.54, 1.807) is 11.3 Å². The predicted molar refractivity (Wildman–Crippen MR) is 99.4 cm³/mol. The van der Waals surface area contributed by atoms with Crippen LogP contribution in [0.3, 0.4) is 0 Å². The van der Waals surface area contributed by atoms with Gasteiger partial charge in [0.15, 0.2) is 0 Å². The van der Waals surface area contributed by atoms with Crippen LogP contribution in [0.2, 0.25) is 0 Å². The number of carbonyl (C=O) groups is 2. The Morgan fingerprint density at radius 3 is 2.81 bits per heavy atom. The molecule has 0 radical (unpaired) electrons. The van der Waals surface area contributed by atoms with E-state index in [2.05, 4.69) is 10.7 Å². The molecule has 144 valence electrons. The zero-order valence-electron chi connectivity index (χ0n) is 15.3. The van der Waals surface area contributed by atoms with Crippen molar-refractivity contribution in [3.63, 3.8) is 0 Å². The Hall–Kier alpha value is -1.64. The van der Waals surface area contributed by atoms with E-state index in [0.717, 1.165) is 18.4 Å². The lowest BCUT2D eigenvalue weighted by atomic mass is 9.85. The number of morpholine rings is 1. The zero-order chi connectivity index (χ0) is 18.7. The number of likely N-dealkylation sites (N-methyl/N-ethyl adjacent to an activating group) is 1. The van der Waals surface area contributed by atoms with E-state index in [0.29, 0.717) is 19.6 Å².